The molecule has 1 saturated heterocycles. The lowest BCUT2D eigenvalue weighted by Crippen LogP contribution is -2.29. The number of nitrogens with one attached hydrogen (secondary N) is 2. The second-order valence-electron chi connectivity index (χ2n) is 11.2. The summed E-state index contributed by atoms with van der Waals surface area (Å²) in [6.45, 7) is 14.3. The van der Waals surface area contributed by atoms with Gasteiger partial charge in [0.2, 0.25) is 5.91 Å². The monoisotopic (exact) mass is 614 g/mol. The largest absolute Gasteiger partial charge is 0.372 e. The molecule has 1 aliphatic rings. The Labute approximate surface area is 264 Å². The summed E-state index contributed by atoms with van der Waals surface area (Å²) in [4.78, 5) is 21.5. The first-order chi connectivity index (χ1) is 20.6. The van der Waals surface area contributed by atoms with Crippen molar-refractivity contribution >= 4 is 51.9 Å². The van der Waals surface area contributed by atoms with E-state index >= 15 is 0 Å². The van der Waals surface area contributed by atoms with Crippen LogP contribution in [0.15, 0.2) is 72.9 Å². The molecule has 7 nitrogen and oxygen atoms in total. The van der Waals surface area contributed by atoms with Gasteiger partial charge in [0.1, 0.15) is 0 Å². The van der Waals surface area contributed by atoms with Crippen molar-refractivity contribution < 1.29 is 4.79 Å². The van der Waals surface area contributed by atoms with Gasteiger partial charge < -0.3 is 25.0 Å². The summed E-state index contributed by atoms with van der Waals surface area (Å²) in [5.41, 5.74) is 8.04. The number of thiocarbonyl (C=S) groups is 1. The number of benzene rings is 2. The number of nitrogens with zero attached hydrogens (tertiary/aromatic N) is 4. The molecule has 2 aromatic heterocycles. The van der Waals surface area contributed by atoms with Gasteiger partial charge in [-0.25, -0.2) is 0 Å². The van der Waals surface area contributed by atoms with Crippen LogP contribution in [0.3, 0.4) is 0 Å². The van der Waals surface area contributed by atoms with Gasteiger partial charge in [-0.3, -0.25) is 9.78 Å². The molecule has 0 unspecified atom stereocenters. The van der Waals surface area contributed by atoms with E-state index in [2.05, 4.69) is 83.0 Å². The fourth-order valence-electron chi connectivity index (χ4n) is 5.87. The summed E-state index contributed by atoms with van der Waals surface area (Å²) in [6, 6.07) is 22.2. The van der Waals surface area contributed by atoms with E-state index in [1.165, 1.54) is 5.69 Å². The highest BCUT2D eigenvalue weighted by atomic mass is 35.5. The van der Waals surface area contributed by atoms with E-state index in [-0.39, 0.29) is 23.9 Å². The van der Waals surface area contributed by atoms with E-state index in [0.717, 1.165) is 47.1 Å². The molecule has 1 fully saturated rings. The predicted molar refractivity (Wildman–Crippen MR) is 182 cm³/mol. The van der Waals surface area contributed by atoms with Gasteiger partial charge >= 0.3 is 0 Å². The Bertz CT molecular complexity index is 1610. The van der Waals surface area contributed by atoms with Crippen LogP contribution >= 0.6 is 23.8 Å². The van der Waals surface area contributed by atoms with Crippen LogP contribution in [-0.4, -0.2) is 33.7 Å². The molecule has 4 aromatic rings. The summed E-state index contributed by atoms with van der Waals surface area (Å²) >= 11 is 12.7. The predicted octanol–water partition coefficient (Wildman–Crippen LogP) is 7.76. The number of pyridine rings is 1. The number of hydrogen-bond donors (Lipinski definition) is 2. The number of aromatic nitrogens is 2. The standard InChI is InChI=1S/C34H39ClN6OS/c1-7-39(8-2)24-12-14-25(15-13-24)40-22(5)19-27(23(40)6)32-31(30-11-9-10-18-36-30)38-34(43)41(32)26-16-17-29(28(35)20-26)37-33(42)21(3)4/h9-21,31-32H,7-8H2,1-6H3,(H,37,42)(H,38,43)/t31-,32-/m1/s1. The summed E-state index contributed by atoms with van der Waals surface area (Å²) in [7, 11) is 0. The number of aryl methyl sites for hydroxylation is 1. The minimum atomic E-state index is -0.190. The van der Waals surface area contributed by atoms with Crippen LogP contribution in [0.1, 0.15) is 62.4 Å². The Hall–Kier alpha value is -3.88. The van der Waals surface area contributed by atoms with Crippen LogP contribution in [0.2, 0.25) is 5.02 Å². The maximum Gasteiger partial charge on any atom is 0.226 e. The number of carbonyl (C=O) groups excluding carboxylic acids is 1. The number of amides is 1. The van der Waals surface area contributed by atoms with Gasteiger partial charge in [-0.15, -0.1) is 0 Å². The number of carbonyl (C=O) groups is 1. The highest BCUT2D eigenvalue weighted by Gasteiger charge is 2.42. The Morgan fingerprint density at radius 1 is 1.05 bits per heavy atom. The Kier molecular flexibility index (Phi) is 9.08. The third-order valence-corrected chi connectivity index (χ3v) is 8.76. The number of hydrogen-bond acceptors (Lipinski definition) is 4. The second-order valence-corrected chi connectivity index (χ2v) is 11.9. The van der Waals surface area contributed by atoms with Crippen LogP contribution in [-0.2, 0) is 4.79 Å². The quantitative estimate of drug-likeness (QED) is 0.188. The minimum absolute atomic E-state index is 0.0846. The van der Waals surface area contributed by atoms with Crippen LogP contribution in [0.5, 0.6) is 0 Å². The molecule has 2 N–H and O–H groups in total. The maximum atomic E-state index is 12.3. The van der Waals surface area contributed by atoms with Gasteiger partial charge in [-0.1, -0.05) is 31.5 Å². The zero-order valence-electron chi connectivity index (χ0n) is 25.6. The Morgan fingerprint density at radius 3 is 2.35 bits per heavy atom. The molecule has 43 heavy (non-hydrogen) atoms. The highest BCUT2D eigenvalue weighted by Crippen LogP contribution is 2.44. The number of rotatable bonds is 9. The van der Waals surface area contributed by atoms with E-state index < -0.39 is 0 Å². The van der Waals surface area contributed by atoms with E-state index in [4.69, 9.17) is 28.8 Å². The van der Waals surface area contributed by atoms with Crippen molar-refractivity contribution in [1.82, 2.24) is 14.9 Å². The topological polar surface area (TPSA) is 65.4 Å². The SMILES string of the molecule is CCN(CC)c1ccc(-n2c(C)cc([C@@H]3[C@@H](c4ccccn4)NC(=S)N3c3ccc(NC(=O)C(C)C)c(Cl)c3)c2C)cc1. The fraction of sp³-hybridized carbons (Fsp3) is 0.324. The van der Waals surface area contributed by atoms with Crippen molar-refractivity contribution in [3.63, 3.8) is 0 Å². The van der Waals surface area contributed by atoms with Gasteiger partial charge in [0.05, 0.1) is 28.5 Å². The van der Waals surface area contributed by atoms with Crippen molar-refractivity contribution in [3.05, 3.63) is 101 Å². The average molecular weight is 615 g/mol. The molecule has 5 rings (SSSR count). The van der Waals surface area contributed by atoms with Gasteiger partial charge in [-0.05, 0) is 106 Å². The molecular formula is C34H39ClN6OS. The van der Waals surface area contributed by atoms with E-state index in [0.29, 0.717) is 15.8 Å². The van der Waals surface area contributed by atoms with E-state index in [9.17, 15) is 4.79 Å². The van der Waals surface area contributed by atoms with Gasteiger partial charge in [-0.2, -0.15) is 0 Å². The third-order valence-electron chi connectivity index (χ3n) is 8.14. The molecule has 0 aliphatic carbocycles. The number of anilines is 3. The lowest BCUT2D eigenvalue weighted by atomic mass is 9.96. The first-order valence-electron chi connectivity index (χ1n) is 14.8. The van der Waals surface area contributed by atoms with E-state index in [1.54, 1.807) is 0 Å². The van der Waals surface area contributed by atoms with Crippen molar-refractivity contribution in [2.24, 2.45) is 5.92 Å². The van der Waals surface area contributed by atoms with E-state index in [1.807, 2.05) is 56.4 Å². The normalized spacial score (nSPS) is 16.5. The number of halogens is 1. The second kappa shape index (κ2) is 12.8. The van der Waals surface area contributed by atoms with Crippen molar-refractivity contribution in [2.75, 3.05) is 28.2 Å². The maximum absolute atomic E-state index is 12.3. The molecular weight excluding hydrogens is 576 g/mol. The summed E-state index contributed by atoms with van der Waals surface area (Å²) in [5.74, 6) is -0.239. The van der Waals surface area contributed by atoms with Crippen LogP contribution < -0.4 is 20.4 Å². The lowest BCUT2D eigenvalue weighted by Gasteiger charge is -2.28. The van der Waals surface area contributed by atoms with Crippen LogP contribution in [0.4, 0.5) is 17.1 Å². The van der Waals surface area contributed by atoms with Gasteiger partial charge in [0.15, 0.2) is 5.11 Å². The Balaban J connectivity index is 1.58. The van der Waals surface area contributed by atoms with Crippen LogP contribution in [0.25, 0.3) is 5.69 Å². The van der Waals surface area contributed by atoms with Crippen molar-refractivity contribution in [2.45, 2.75) is 53.6 Å². The molecule has 9 heteroatoms. The minimum Gasteiger partial charge on any atom is -0.372 e. The molecule has 0 radical (unpaired) electrons. The fourth-order valence-corrected chi connectivity index (χ4v) is 6.43. The van der Waals surface area contributed by atoms with Crippen LogP contribution in [0, 0.1) is 19.8 Å². The molecule has 2 atom stereocenters. The molecule has 2 aromatic carbocycles. The zero-order valence-corrected chi connectivity index (χ0v) is 27.1. The zero-order chi connectivity index (χ0) is 30.8. The first kappa shape index (κ1) is 30.6. The highest BCUT2D eigenvalue weighted by molar-refractivity contribution is 7.80. The molecule has 0 saturated carbocycles. The summed E-state index contributed by atoms with van der Waals surface area (Å²) in [5, 5.41) is 7.50. The molecule has 0 spiro atoms. The third kappa shape index (κ3) is 5.99. The molecule has 3 heterocycles. The van der Waals surface area contributed by atoms with Crippen molar-refractivity contribution in [1.29, 1.82) is 0 Å². The van der Waals surface area contributed by atoms with Crippen molar-refractivity contribution in [3.8, 4) is 5.69 Å². The average Bonchev–Trinajstić information content (AvgIpc) is 3.50. The summed E-state index contributed by atoms with van der Waals surface area (Å²) < 4.78 is 2.30. The first-order valence-corrected chi connectivity index (χ1v) is 15.6. The lowest BCUT2D eigenvalue weighted by molar-refractivity contribution is -0.118. The molecule has 0 bridgehead atoms. The Morgan fingerprint density at radius 2 is 1.74 bits per heavy atom. The molecule has 1 amide bonds. The van der Waals surface area contributed by atoms with Gasteiger partial charge in [0.25, 0.3) is 0 Å². The smallest absolute Gasteiger partial charge is 0.226 e. The summed E-state index contributed by atoms with van der Waals surface area (Å²) in [6.07, 6.45) is 1.81. The molecule has 224 valence electrons. The molecule has 1 aliphatic heterocycles. The van der Waals surface area contributed by atoms with Gasteiger partial charge in [0, 0.05) is 53.7 Å².